The van der Waals surface area contributed by atoms with Crippen LogP contribution in [0.15, 0.2) is 46.9 Å². The van der Waals surface area contributed by atoms with E-state index in [9.17, 15) is 10.1 Å². The van der Waals surface area contributed by atoms with Crippen LogP contribution in [0.2, 0.25) is 0 Å². The first-order chi connectivity index (χ1) is 9.60. The van der Waals surface area contributed by atoms with Crippen molar-refractivity contribution >= 4 is 27.3 Å². The number of nitrogens with one attached hydrogen (secondary N) is 1. The Balaban J connectivity index is 2.04. The lowest BCUT2D eigenvalue weighted by Gasteiger charge is -2.09. The zero-order chi connectivity index (χ0) is 14.5. The number of nitrogens with two attached hydrogens (primary N) is 1. The van der Waals surface area contributed by atoms with Crippen LogP contribution in [0, 0.1) is 10.1 Å². The molecule has 0 radical (unpaired) electrons. The van der Waals surface area contributed by atoms with Crippen molar-refractivity contribution < 1.29 is 4.92 Å². The molecule has 0 saturated carbocycles. The second-order valence-corrected chi connectivity index (χ2v) is 5.15. The van der Waals surface area contributed by atoms with Crippen LogP contribution in [0.25, 0.3) is 0 Å². The number of nitro benzene ring substituents is 1. The lowest BCUT2D eigenvalue weighted by Crippen LogP contribution is -2.01. The van der Waals surface area contributed by atoms with Gasteiger partial charge >= 0.3 is 0 Å². The van der Waals surface area contributed by atoms with E-state index >= 15 is 0 Å². The van der Waals surface area contributed by atoms with Gasteiger partial charge in [-0.3, -0.25) is 10.1 Å². The van der Waals surface area contributed by atoms with Crippen molar-refractivity contribution in [3.05, 3.63) is 68.2 Å². The van der Waals surface area contributed by atoms with Crippen LogP contribution in [0.5, 0.6) is 0 Å². The van der Waals surface area contributed by atoms with Crippen molar-refractivity contribution in [2.45, 2.75) is 13.1 Å². The van der Waals surface area contributed by atoms with Gasteiger partial charge in [0.2, 0.25) is 0 Å². The summed E-state index contributed by atoms with van der Waals surface area (Å²) in [6.45, 7) is 1.17. The highest BCUT2D eigenvalue weighted by atomic mass is 79.9. The monoisotopic (exact) mass is 335 g/mol. The molecule has 0 heterocycles. The Bertz CT molecular complexity index is 614. The molecule has 2 rings (SSSR count). The van der Waals surface area contributed by atoms with Crippen molar-refractivity contribution in [2.75, 3.05) is 5.32 Å². The molecular formula is C14H14BrN3O2. The fourth-order valence-electron chi connectivity index (χ4n) is 1.75. The quantitative estimate of drug-likeness (QED) is 0.647. The Labute approximate surface area is 125 Å². The lowest BCUT2D eigenvalue weighted by molar-refractivity contribution is -0.384. The highest BCUT2D eigenvalue weighted by Gasteiger charge is 2.08. The summed E-state index contributed by atoms with van der Waals surface area (Å²) >= 11 is 3.33. The van der Waals surface area contributed by atoms with Crippen LogP contribution in [0.3, 0.4) is 0 Å². The number of nitrogens with zero attached hydrogens (tertiary/aromatic N) is 1. The van der Waals surface area contributed by atoms with Crippen LogP contribution >= 0.6 is 15.9 Å². The van der Waals surface area contributed by atoms with E-state index < -0.39 is 4.92 Å². The smallest absolute Gasteiger partial charge is 0.270 e. The zero-order valence-electron chi connectivity index (χ0n) is 10.7. The van der Waals surface area contributed by atoms with Gasteiger partial charge in [-0.05, 0) is 33.1 Å². The second kappa shape index (κ2) is 6.49. The fourth-order valence-corrected chi connectivity index (χ4v) is 2.26. The van der Waals surface area contributed by atoms with Crippen LogP contribution < -0.4 is 11.1 Å². The molecule has 0 aliphatic rings. The van der Waals surface area contributed by atoms with Gasteiger partial charge in [0.1, 0.15) is 0 Å². The first-order valence-corrected chi connectivity index (χ1v) is 6.85. The van der Waals surface area contributed by atoms with Gasteiger partial charge in [-0.2, -0.15) is 0 Å². The molecule has 20 heavy (non-hydrogen) atoms. The third-order valence-corrected chi connectivity index (χ3v) is 3.56. The Kier molecular flexibility index (Phi) is 4.70. The molecule has 0 aliphatic heterocycles. The molecule has 5 nitrogen and oxygen atoms in total. The highest BCUT2D eigenvalue weighted by molar-refractivity contribution is 9.10. The molecule has 104 valence electrons. The number of nitro groups is 1. The fraction of sp³-hybridized carbons (Fsp3) is 0.143. The van der Waals surface area contributed by atoms with Crippen LogP contribution in [-0.4, -0.2) is 4.92 Å². The molecule has 0 unspecified atom stereocenters. The molecule has 3 N–H and O–H groups in total. The lowest BCUT2D eigenvalue weighted by atomic mass is 10.1. The standard InChI is InChI=1S/C14H14BrN3O2/c15-13-7-12(18(19)20)5-6-14(13)17-9-11-3-1-10(8-16)2-4-11/h1-7,17H,8-9,16H2. The summed E-state index contributed by atoms with van der Waals surface area (Å²) in [6, 6.07) is 12.6. The van der Waals surface area contributed by atoms with E-state index in [-0.39, 0.29) is 5.69 Å². The third kappa shape index (κ3) is 3.55. The number of halogens is 1. The number of hydrogen-bond acceptors (Lipinski definition) is 4. The number of benzene rings is 2. The number of rotatable bonds is 5. The number of anilines is 1. The Morgan fingerprint density at radius 1 is 1.15 bits per heavy atom. The predicted octanol–water partition coefficient (Wildman–Crippen LogP) is 3.43. The molecule has 6 heteroatoms. The summed E-state index contributed by atoms with van der Waals surface area (Å²) in [4.78, 5) is 10.2. The minimum absolute atomic E-state index is 0.0646. The molecule has 2 aromatic carbocycles. The van der Waals surface area contributed by atoms with Gasteiger partial charge in [0.05, 0.1) is 4.92 Å². The maximum atomic E-state index is 10.7. The first kappa shape index (κ1) is 14.5. The van der Waals surface area contributed by atoms with E-state index in [4.69, 9.17) is 5.73 Å². The van der Waals surface area contributed by atoms with Crippen LogP contribution in [-0.2, 0) is 13.1 Å². The molecule has 0 atom stereocenters. The summed E-state index contributed by atoms with van der Waals surface area (Å²) in [7, 11) is 0. The van der Waals surface area contributed by atoms with Crippen molar-refractivity contribution in [3.63, 3.8) is 0 Å². The molecular weight excluding hydrogens is 322 g/mol. The van der Waals surface area contributed by atoms with E-state index in [2.05, 4.69) is 21.2 Å². The van der Waals surface area contributed by atoms with Crippen LogP contribution in [0.4, 0.5) is 11.4 Å². The molecule has 0 saturated heterocycles. The van der Waals surface area contributed by atoms with Gasteiger partial charge in [-0.15, -0.1) is 0 Å². The molecule has 0 amide bonds. The normalized spacial score (nSPS) is 10.3. The summed E-state index contributed by atoms with van der Waals surface area (Å²) in [5.74, 6) is 0. The van der Waals surface area contributed by atoms with E-state index in [0.717, 1.165) is 16.8 Å². The van der Waals surface area contributed by atoms with Crippen molar-refractivity contribution in [1.29, 1.82) is 0 Å². The summed E-state index contributed by atoms with van der Waals surface area (Å²) in [5, 5.41) is 13.9. The predicted molar refractivity (Wildman–Crippen MR) is 82.5 cm³/mol. The zero-order valence-corrected chi connectivity index (χ0v) is 12.3. The second-order valence-electron chi connectivity index (χ2n) is 4.30. The summed E-state index contributed by atoms with van der Waals surface area (Å²) < 4.78 is 0.672. The van der Waals surface area contributed by atoms with Crippen molar-refractivity contribution in [3.8, 4) is 0 Å². The third-order valence-electron chi connectivity index (χ3n) is 2.91. The number of hydrogen-bond donors (Lipinski definition) is 2. The van der Waals surface area contributed by atoms with E-state index in [1.54, 1.807) is 6.07 Å². The summed E-state index contributed by atoms with van der Waals surface area (Å²) in [6.07, 6.45) is 0. The van der Waals surface area contributed by atoms with Gasteiger partial charge in [-0.25, -0.2) is 0 Å². The average Bonchev–Trinajstić information content (AvgIpc) is 2.46. The largest absolute Gasteiger partial charge is 0.380 e. The maximum absolute atomic E-state index is 10.7. The molecule has 2 aromatic rings. The van der Waals surface area contributed by atoms with E-state index in [1.165, 1.54) is 12.1 Å². The molecule has 0 aromatic heterocycles. The molecule has 0 aliphatic carbocycles. The van der Waals surface area contributed by atoms with Crippen LogP contribution in [0.1, 0.15) is 11.1 Å². The first-order valence-electron chi connectivity index (χ1n) is 6.06. The van der Waals surface area contributed by atoms with E-state index in [1.807, 2.05) is 24.3 Å². The van der Waals surface area contributed by atoms with E-state index in [0.29, 0.717) is 17.6 Å². The van der Waals surface area contributed by atoms with Gasteiger partial charge in [0.25, 0.3) is 5.69 Å². The molecule has 0 bridgehead atoms. The maximum Gasteiger partial charge on any atom is 0.270 e. The van der Waals surface area contributed by atoms with Crippen molar-refractivity contribution in [1.82, 2.24) is 0 Å². The van der Waals surface area contributed by atoms with Gasteiger partial charge in [0.15, 0.2) is 0 Å². The Hall–Kier alpha value is -1.92. The molecule has 0 fully saturated rings. The van der Waals surface area contributed by atoms with Gasteiger partial charge in [0, 0.05) is 35.4 Å². The average molecular weight is 336 g/mol. The van der Waals surface area contributed by atoms with Gasteiger partial charge in [-0.1, -0.05) is 24.3 Å². The summed E-state index contributed by atoms with van der Waals surface area (Å²) in [5.41, 5.74) is 8.64. The Morgan fingerprint density at radius 3 is 2.35 bits per heavy atom. The van der Waals surface area contributed by atoms with Crippen molar-refractivity contribution in [2.24, 2.45) is 5.73 Å². The van der Waals surface area contributed by atoms with Gasteiger partial charge < -0.3 is 11.1 Å². The topological polar surface area (TPSA) is 81.2 Å². The Morgan fingerprint density at radius 2 is 1.80 bits per heavy atom. The number of non-ortho nitro benzene ring substituents is 1. The highest BCUT2D eigenvalue weighted by Crippen LogP contribution is 2.27. The minimum Gasteiger partial charge on any atom is -0.380 e. The SMILES string of the molecule is NCc1ccc(CNc2ccc([N+](=O)[O-])cc2Br)cc1. The molecule has 0 spiro atoms. The minimum atomic E-state index is -0.417.